The molecule has 2 rings (SSSR count). The number of aromatic nitrogens is 2. The fourth-order valence-corrected chi connectivity index (χ4v) is 1.68. The van der Waals surface area contributed by atoms with Crippen molar-refractivity contribution in [1.29, 1.82) is 0 Å². The lowest BCUT2D eigenvalue weighted by molar-refractivity contribution is 0.355. The molecule has 0 saturated carbocycles. The van der Waals surface area contributed by atoms with E-state index in [9.17, 15) is 0 Å². The minimum atomic E-state index is 0.690. The smallest absolute Gasteiger partial charge is 0.161 e. The lowest BCUT2D eigenvalue weighted by Gasteiger charge is -2.09. The zero-order chi connectivity index (χ0) is 13.1. The van der Waals surface area contributed by atoms with Crippen molar-refractivity contribution < 1.29 is 9.47 Å². The SMILES string of the molecule is COc1ccc(-c2cc(C)c(C)nn2)cc1OC. The van der Waals surface area contributed by atoms with E-state index in [1.165, 1.54) is 0 Å². The average molecular weight is 244 g/mol. The Bertz CT molecular complexity index is 568. The Balaban J connectivity index is 2.47. The van der Waals surface area contributed by atoms with E-state index in [4.69, 9.17) is 9.47 Å². The van der Waals surface area contributed by atoms with Crippen LogP contribution in [0.2, 0.25) is 0 Å². The standard InChI is InChI=1S/C14H16N2O2/c1-9-7-12(16-15-10(9)2)11-5-6-13(17-3)14(8-11)18-4/h5-8H,1-4H3. The molecule has 0 N–H and O–H groups in total. The minimum Gasteiger partial charge on any atom is -0.493 e. The number of hydrogen-bond donors (Lipinski definition) is 0. The predicted octanol–water partition coefficient (Wildman–Crippen LogP) is 2.78. The van der Waals surface area contributed by atoms with Gasteiger partial charge in [-0.2, -0.15) is 10.2 Å². The third-order valence-corrected chi connectivity index (χ3v) is 2.91. The van der Waals surface area contributed by atoms with Crippen LogP contribution >= 0.6 is 0 Å². The molecule has 94 valence electrons. The molecule has 0 spiro atoms. The van der Waals surface area contributed by atoms with E-state index in [0.717, 1.165) is 22.5 Å². The van der Waals surface area contributed by atoms with Crippen molar-refractivity contribution in [2.75, 3.05) is 14.2 Å². The van der Waals surface area contributed by atoms with Gasteiger partial charge in [-0.25, -0.2) is 0 Å². The molecule has 1 heterocycles. The number of benzene rings is 1. The number of hydrogen-bond acceptors (Lipinski definition) is 4. The molecule has 0 aliphatic rings. The van der Waals surface area contributed by atoms with Crippen molar-refractivity contribution in [1.82, 2.24) is 10.2 Å². The van der Waals surface area contributed by atoms with Crippen LogP contribution in [0.3, 0.4) is 0 Å². The van der Waals surface area contributed by atoms with Gasteiger partial charge in [0, 0.05) is 5.56 Å². The topological polar surface area (TPSA) is 44.2 Å². The first-order valence-electron chi connectivity index (χ1n) is 5.69. The van der Waals surface area contributed by atoms with Crippen molar-refractivity contribution in [3.63, 3.8) is 0 Å². The number of nitrogens with zero attached hydrogens (tertiary/aromatic N) is 2. The molecule has 2 aromatic rings. The molecule has 4 nitrogen and oxygen atoms in total. The van der Waals surface area contributed by atoms with Gasteiger partial charge in [-0.1, -0.05) is 0 Å². The molecule has 0 radical (unpaired) electrons. The lowest BCUT2D eigenvalue weighted by atomic mass is 10.1. The molecule has 4 heteroatoms. The van der Waals surface area contributed by atoms with Crippen molar-refractivity contribution in [3.8, 4) is 22.8 Å². The summed E-state index contributed by atoms with van der Waals surface area (Å²) < 4.78 is 10.5. The summed E-state index contributed by atoms with van der Waals surface area (Å²) in [6, 6.07) is 7.73. The summed E-state index contributed by atoms with van der Waals surface area (Å²) in [6.45, 7) is 3.97. The Morgan fingerprint density at radius 2 is 1.61 bits per heavy atom. The van der Waals surface area contributed by atoms with Gasteiger partial charge in [0.2, 0.25) is 0 Å². The monoisotopic (exact) mass is 244 g/mol. The van der Waals surface area contributed by atoms with Crippen molar-refractivity contribution >= 4 is 0 Å². The van der Waals surface area contributed by atoms with Crippen molar-refractivity contribution in [3.05, 3.63) is 35.5 Å². The minimum absolute atomic E-state index is 0.690. The van der Waals surface area contributed by atoms with Gasteiger partial charge >= 0.3 is 0 Å². The van der Waals surface area contributed by atoms with Crippen LogP contribution in [0.4, 0.5) is 0 Å². The Morgan fingerprint density at radius 1 is 0.889 bits per heavy atom. The highest BCUT2D eigenvalue weighted by Crippen LogP contribution is 2.31. The van der Waals surface area contributed by atoms with E-state index in [2.05, 4.69) is 10.2 Å². The highest BCUT2D eigenvalue weighted by Gasteiger charge is 2.08. The first kappa shape index (κ1) is 12.4. The summed E-state index contributed by atoms with van der Waals surface area (Å²) in [5.74, 6) is 1.40. The summed E-state index contributed by atoms with van der Waals surface area (Å²) in [6.07, 6.45) is 0. The molecule has 0 aliphatic heterocycles. The van der Waals surface area contributed by atoms with Gasteiger partial charge < -0.3 is 9.47 Å². The van der Waals surface area contributed by atoms with E-state index in [1.807, 2.05) is 38.1 Å². The Labute approximate surface area is 107 Å². The lowest BCUT2D eigenvalue weighted by Crippen LogP contribution is -1.95. The van der Waals surface area contributed by atoms with Gasteiger partial charge in [-0.05, 0) is 43.7 Å². The number of aryl methyl sites for hydroxylation is 2. The molecule has 0 unspecified atom stereocenters. The quantitative estimate of drug-likeness (QED) is 0.832. The van der Waals surface area contributed by atoms with Crippen LogP contribution in [0.25, 0.3) is 11.3 Å². The van der Waals surface area contributed by atoms with Crippen LogP contribution in [-0.4, -0.2) is 24.4 Å². The molecule has 0 fully saturated rings. The summed E-state index contributed by atoms with van der Waals surface area (Å²) in [7, 11) is 3.24. The van der Waals surface area contributed by atoms with Crippen LogP contribution in [0, 0.1) is 13.8 Å². The summed E-state index contributed by atoms with van der Waals surface area (Å²) in [5, 5.41) is 8.32. The van der Waals surface area contributed by atoms with Crippen LogP contribution in [0.5, 0.6) is 11.5 Å². The summed E-state index contributed by atoms with van der Waals surface area (Å²) >= 11 is 0. The second-order valence-corrected chi connectivity index (χ2v) is 4.07. The van der Waals surface area contributed by atoms with Gasteiger partial charge in [-0.15, -0.1) is 0 Å². The Hall–Kier alpha value is -2.10. The largest absolute Gasteiger partial charge is 0.493 e. The number of rotatable bonds is 3. The normalized spacial score (nSPS) is 10.2. The molecule has 0 atom stereocenters. The van der Waals surface area contributed by atoms with E-state index >= 15 is 0 Å². The van der Waals surface area contributed by atoms with Gasteiger partial charge in [0.1, 0.15) is 0 Å². The van der Waals surface area contributed by atoms with Gasteiger partial charge in [0.25, 0.3) is 0 Å². The fraction of sp³-hybridized carbons (Fsp3) is 0.286. The van der Waals surface area contributed by atoms with E-state index in [0.29, 0.717) is 11.5 Å². The van der Waals surface area contributed by atoms with Gasteiger partial charge in [0.15, 0.2) is 11.5 Å². The molecule has 0 bridgehead atoms. The predicted molar refractivity (Wildman–Crippen MR) is 70.0 cm³/mol. The molecule has 1 aromatic heterocycles. The molecule has 0 aliphatic carbocycles. The van der Waals surface area contributed by atoms with E-state index in [1.54, 1.807) is 14.2 Å². The molecule has 1 aromatic carbocycles. The zero-order valence-corrected chi connectivity index (χ0v) is 11.0. The van der Waals surface area contributed by atoms with Crippen LogP contribution in [0.15, 0.2) is 24.3 Å². The molecular formula is C14H16N2O2. The Kier molecular flexibility index (Phi) is 3.46. The van der Waals surface area contributed by atoms with Crippen LogP contribution in [0.1, 0.15) is 11.3 Å². The van der Waals surface area contributed by atoms with Crippen LogP contribution < -0.4 is 9.47 Å². The highest BCUT2D eigenvalue weighted by atomic mass is 16.5. The van der Waals surface area contributed by atoms with Crippen molar-refractivity contribution in [2.24, 2.45) is 0 Å². The van der Waals surface area contributed by atoms with Gasteiger partial charge in [-0.3, -0.25) is 0 Å². The average Bonchev–Trinajstić information content (AvgIpc) is 2.41. The fourth-order valence-electron chi connectivity index (χ4n) is 1.68. The van der Waals surface area contributed by atoms with Gasteiger partial charge in [0.05, 0.1) is 25.6 Å². The third kappa shape index (κ3) is 2.27. The number of ether oxygens (including phenoxy) is 2. The maximum atomic E-state index is 5.28. The first-order chi connectivity index (χ1) is 8.65. The van der Waals surface area contributed by atoms with E-state index < -0.39 is 0 Å². The van der Waals surface area contributed by atoms with Crippen LogP contribution in [-0.2, 0) is 0 Å². The highest BCUT2D eigenvalue weighted by molar-refractivity contribution is 5.64. The summed E-state index contributed by atoms with van der Waals surface area (Å²) in [4.78, 5) is 0. The molecular weight excluding hydrogens is 228 g/mol. The first-order valence-corrected chi connectivity index (χ1v) is 5.69. The maximum Gasteiger partial charge on any atom is 0.161 e. The van der Waals surface area contributed by atoms with E-state index in [-0.39, 0.29) is 0 Å². The number of methoxy groups -OCH3 is 2. The maximum absolute atomic E-state index is 5.28. The zero-order valence-electron chi connectivity index (χ0n) is 11.0. The molecule has 0 amide bonds. The second-order valence-electron chi connectivity index (χ2n) is 4.07. The molecule has 0 saturated heterocycles. The molecule has 18 heavy (non-hydrogen) atoms. The summed E-state index contributed by atoms with van der Waals surface area (Å²) in [5.41, 5.74) is 3.86. The Morgan fingerprint density at radius 3 is 2.22 bits per heavy atom. The third-order valence-electron chi connectivity index (χ3n) is 2.91. The van der Waals surface area contributed by atoms with Crippen molar-refractivity contribution in [2.45, 2.75) is 13.8 Å². The second kappa shape index (κ2) is 5.04.